The SMILES string of the molecule is C[C@H]1[C@@H]2[C@@H](O)C([C@H](C)C(=O)N(C)Cc3ccccc3)CC[C@@]2(C)CC[C@@H]1NC(=O)C1CCCCC1. The van der Waals surface area contributed by atoms with Crippen LogP contribution in [0.1, 0.15) is 84.1 Å². The second-order valence-corrected chi connectivity index (χ2v) is 12.2. The van der Waals surface area contributed by atoms with Crippen LogP contribution in [0.3, 0.4) is 0 Å². The molecule has 0 aromatic heterocycles. The molecular weight excluding hydrogens is 436 g/mol. The summed E-state index contributed by atoms with van der Waals surface area (Å²) in [4.78, 5) is 28.2. The molecule has 0 spiro atoms. The molecular formula is C30H46N2O3. The number of nitrogens with zero attached hydrogens (tertiary/aromatic N) is 1. The van der Waals surface area contributed by atoms with E-state index in [1.165, 1.54) is 6.42 Å². The average molecular weight is 483 g/mol. The predicted molar refractivity (Wildman–Crippen MR) is 139 cm³/mol. The fourth-order valence-corrected chi connectivity index (χ4v) is 7.63. The Hall–Kier alpha value is -1.88. The number of rotatable bonds is 6. The highest BCUT2D eigenvalue weighted by Gasteiger charge is 2.54. The molecule has 4 rings (SSSR count). The van der Waals surface area contributed by atoms with Gasteiger partial charge in [-0.3, -0.25) is 9.59 Å². The van der Waals surface area contributed by atoms with E-state index in [1.54, 1.807) is 4.90 Å². The maximum absolute atomic E-state index is 13.4. The lowest BCUT2D eigenvalue weighted by atomic mass is 9.51. The van der Waals surface area contributed by atoms with Crippen LogP contribution in [-0.2, 0) is 16.1 Å². The maximum Gasteiger partial charge on any atom is 0.225 e. The monoisotopic (exact) mass is 482 g/mol. The Morgan fingerprint density at radius 2 is 1.74 bits per heavy atom. The fourth-order valence-electron chi connectivity index (χ4n) is 7.63. The normalized spacial score (nSPS) is 34.5. The molecule has 0 radical (unpaired) electrons. The second-order valence-electron chi connectivity index (χ2n) is 12.2. The van der Waals surface area contributed by atoms with Crippen LogP contribution in [0.25, 0.3) is 0 Å². The fraction of sp³-hybridized carbons (Fsp3) is 0.733. The number of hydrogen-bond donors (Lipinski definition) is 2. The first-order valence-corrected chi connectivity index (χ1v) is 14.0. The standard InChI is InChI=1S/C30H46N2O3/c1-20(29(35)32(4)19-22-11-7-5-8-12-22)24-15-17-30(3)18-16-25(21(2)26(30)27(24)33)31-28(34)23-13-9-6-10-14-23/h5,7-8,11-12,20-21,23-27,33H,6,9-10,13-19H2,1-4H3,(H,31,34)/t20-,21+,24?,25-,26+,27-,30-/m0/s1. The van der Waals surface area contributed by atoms with Crippen molar-refractivity contribution >= 4 is 11.8 Å². The summed E-state index contributed by atoms with van der Waals surface area (Å²) in [5.74, 6) is 0.503. The lowest BCUT2D eigenvalue weighted by Gasteiger charge is -2.56. The molecule has 194 valence electrons. The Morgan fingerprint density at radius 1 is 1.09 bits per heavy atom. The summed E-state index contributed by atoms with van der Waals surface area (Å²) in [7, 11) is 1.87. The van der Waals surface area contributed by atoms with E-state index < -0.39 is 6.10 Å². The van der Waals surface area contributed by atoms with Crippen molar-refractivity contribution in [1.29, 1.82) is 0 Å². The minimum Gasteiger partial charge on any atom is -0.392 e. The molecule has 5 heteroatoms. The topological polar surface area (TPSA) is 69.6 Å². The number of carbonyl (C=O) groups is 2. The molecule has 3 aliphatic rings. The van der Waals surface area contributed by atoms with Crippen molar-refractivity contribution in [2.24, 2.45) is 35.0 Å². The number of aliphatic hydroxyl groups excluding tert-OH is 1. The number of hydrogen-bond acceptors (Lipinski definition) is 3. The zero-order valence-electron chi connectivity index (χ0n) is 22.2. The van der Waals surface area contributed by atoms with Crippen molar-refractivity contribution in [1.82, 2.24) is 10.2 Å². The van der Waals surface area contributed by atoms with Gasteiger partial charge in [0.05, 0.1) is 6.10 Å². The predicted octanol–water partition coefficient (Wildman–Crippen LogP) is 5.17. The summed E-state index contributed by atoms with van der Waals surface area (Å²) >= 11 is 0. The van der Waals surface area contributed by atoms with Crippen LogP contribution >= 0.6 is 0 Å². The number of carbonyl (C=O) groups excluding carboxylic acids is 2. The van der Waals surface area contributed by atoms with Gasteiger partial charge in [0, 0.05) is 31.5 Å². The molecule has 1 unspecified atom stereocenters. The number of benzene rings is 1. The Labute approximate surface area is 212 Å². The Kier molecular flexibility index (Phi) is 8.25. The first kappa shape index (κ1) is 26.2. The van der Waals surface area contributed by atoms with Gasteiger partial charge in [-0.05, 0) is 67.3 Å². The Bertz CT molecular complexity index is 868. The van der Waals surface area contributed by atoms with E-state index in [-0.39, 0.29) is 52.9 Å². The van der Waals surface area contributed by atoms with Crippen molar-refractivity contribution in [3.63, 3.8) is 0 Å². The molecule has 3 fully saturated rings. The van der Waals surface area contributed by atoms with Crippen molar-refractivity contribution in [2.45, 2.75) is 97.2 Å². The highest BCUT2D eigenvalue weighted by molar-refractivity contribution is 5.79. The van der Waals surface area contributed by atoms with Crippen LogP contribution in [0.4, 0.5) is 0 Å². The lowest BCUT2D eigenvalue weighted by Crippen LogP contribution is -2.59. The van der Waals surface area contributed by atoms with Gasteiger partial charge in [-0.1, -0.05) is 70.4 Å². The van der Waals surface area contributed by atoms with Gasteiger partial charge in [0.15, 0.2) is 0 Å². The highest BCUT2D eigenvalue weighted by Crippen LogP contribution is 2.55. The van der Waals surface area contributed by atoms with Gasteiger partial charge < -0.3 is 15.3 Å². The van der Waals surface area contributed by atoms with E-state index in [2.05, 4.69) is 19.2 Å². The quantitative estimate of drug-likeness (QED) is 0.588. The summed E-state index contributed by atoms with van der Waals surface area (Å²) in [5.41, 5.74) is 1.19. The molecule has 35 heavy (non-hydrogen) atoms. The molecule has 2 amide bonds. The lowest BCUT2D eigenvalue weighted by molar-refractivity contribution is -0.150. The molecule has 0 aliphatic heterocycles. The van der Waals surface area contributed by atoms with Crippen LogP contribution in [0.2, 0.25) is 0 Å². The highest BCUT2D eigenvalue weighted by atomic mass is 16.3. The smallest absolute Gasteiger partial charge is 0.225 e. The summed E-state index contributed by atoms with van der Waals surface area (Å²) in [6.07, 6.45) is 8.98. The van der Waals surface area contributed by atoms with Gasteiger partial charge >= 0.3 is 0 Å². The molecule has 7 atom stereocenters. The third-order valence-electron chi connectivity index (χ3n) is 9.86. The molecule has 2 N–H and O–H groups in total. The van der Waals surface area contributed by atoms with Crippen LogP contribution in [0, 0.1) is 35.0 Å². The summed E-state index contributed by atoms with van der Waals surface area (Å²) in [5, 5.41) is 15.1. The molecule has 0 bridgehead atoms. The van der Waals surface area contributed by atoms with Gasteiger partial charge in [-0.15, -0.1) is 0 Å². The van der Waals surface area contributed by atoms with Gasteiger partial charge in [0.1, 0.15) is 0 Å². The summed E-state index contributed by atoms with van der Waals surface area (Å²) in [6.45, 7) is 7.12. The number of nitrogens with one attached hydrogen (secondary N) is 1. The maximum atomic E-state index is 13.4. The number of fused-ring (bicyclic) bond motifs is 1. The zero-order valence-corrected chi connectivity index (χ0v) is 22.2. The van der Waals surface area contributed by atoms with Crippen molar-refractivity contribution in [3.05, 3.63) is 35.9 Å². The third kappa shape index (κ3) is 5.60. The van der Waals surface area contributed by atoms with Crippen molar-refractivity contribution in [3.8, 4) is 0 Å². The van der Waals surface area contributed by atoms with Gasteiger partial charge in [-0.25, -0.2) is 0 Å². The zero-order chi connectivity index (χ0) is 25.2. The largest absolute Gasteiger partial charge is 0.392 e. The first-order valence-electron chi connectivity index (χ1n) is 14.0. The second kappa shape index (κ2) is 11.0. The van der Waals surface area contributed by atoms with Crippen LogP contribution in [-0.4, -0.2) is 41.0 Å². The van der Waals surface area contributed by atoms with E-state index in [0.717, 1.165) is 56.9 Å². The van der Waals surface area contributed by atoms with E-state index >= 15 is 0 Å². The molecule has 3 saturated carbocycles. The molecule has 0 heterocycles. The molecule has 3 aliphatic carbocycles. The Balaban J connectivity index is 1.42. The first-order chi connectivity index (χ1) is 16.7. The average Bonchev–Trinajstić information content (AvgIpc) is 2.86. The van der Waals surface area contributed by atoms with Crippen molar-refractivity contribution < 1.29 is 14.7 Å². The molecule has 1 aromatic rings. The molecule has 0 saturated heterocycles. The van der Waals surface area contributed by atoms with Crippen LogP contribution < -0.4 is 5.32 Å². The van der Waals surface area contributed by atoms with Gasteiger partial charge in [0.25, 0.3) is 0 Å². The minimum absolute atomic E-state index is 0.0472. The Morgan fingerprint density at radius 3 is 2.43 bits per heavy atom. The summed E-state index contributed by atoms with van der Waals surface area (Å²) in [6, 6.07) is 10.2. The van der Waals surface area contributed by atoms with Crippen LogP contribution in [0.5, 0.6) is 0 Å². The minimum atomic E-state index is -0.526. The third-order valence-corrected chi connectivity index (χ3v) is 9.86. The number of aliphatic hydroxyl groups is 1. The van der Waals surface area contributed by atoms with E-state index in [9.17, 15) is 14.7 Å². The molecule has 5 nitrogen and oxygen atoms in total. The van der Waals surface area contributed by atoms with E-state index in [0.29, 0.717) is 6.54 Å². The summed E-state index contributed by atoms with van der Waals surface area (Å²) < 4.78 is 0. The van der Waals surface area contributed by atoms with Gasteiger partial charge in [0.2, 0.25) is 11.8 Å². The van der Waals surface area contributed by atoms with Crippen LogP contribution in [0.15, 0.2) is 30.3 Å². The molecule has 1 aromatic carbocycles. The van der Waals surface area contributed by atoms with E-state index in [4.69, 9.17) is 0 Å². The van der Waals surface area contributed by atoms with E-state index in [1.807, 2.05) is 44.3 Å². The van der Waals surface area contributed by atoms with Crippen molar-refractivity contribution in [2.75, 3.05) is 7.05 Å². The number of amides is 2. The van der Waals surface area contributed by atoms with Gasteiger partial charge in [-0.2, -0.15) is 0 Å².